The molecule has 1 aromatic rings. The summed E-state index contributed by atoms with van der Waals surface area (Å²) in [6, 6.07) is 11.5. The molecule has 0 radical (unpaired) electrons. The molecule has 1 aliphatic rings. The highest BCUT2D eigenvalue weighted by molar-refractivity contribution is 6.01. The van der Waals surface area contributed by atoms with E-state index < -0.39 is 0 Å². The lowest BCUT2D eigenvalue weighted by Gasteiger charge is -2.26. The number of carbonyl (C=O) groups is 1. The van der Waals surface area contributed by atoms with Gasteiger partial charge in [-0.15, -0.1) is 0 Å². The predicted octanol–water partition coefficient (Wildman–Crippen LogP) is 2.61. The summed E-state index contributed by atoms with van der Waals surface area (Å²) < 4.78 is 0. The van der Waals surface area contributed by atoms with Crippen molar-refractivity contribution in [3.8, 4) is 6.07 Å². The summed E-state index contributed by atoms with van der Waals surface area (Å²) in [6.07, 6.45) is 4.91. The second-order valence-corrected chi connectivity index (χ2v) is 4.43. The third-order valence-corrected chi connectivity index (χ3v) is 3.10. The van der Waals surface area contributed by atoms with Crippen molar-refractivity contribution < 1.29 is 4.79 Å². The van der Waals surface area contributed by atoms with Gasteiger partial charge in [-0.1, -0.05) is 30.3 Å². The standard InChI is InChI=1S/C15H16N2O/c16-12-14(11-13-7-3-1-4-8-13)15(18)17-9-5-2-6-10-17/h1,3-4,7-8,11H,2,5-6,9-10H2/b14-11+. The van der Waals surface area contributed by atoms with Crippen LogP contribution in [0.15, 0.2) is 35.9 Å². The lowest BCUT2D eigenvalue weighted by Crippen LogP contribution is -2.36. The molecule has 92 valence electrons. The molecule has 0 N–H and O–H groups in total. The van der Waals surface area contributed by atoms with Crippen LogP contribution in [0.5, 0.6) is 0 Å². The van der Waals surface area contributed by atoms with E-state index in [1.54, 1.807) is 11.0 Å². The maximum atomic E-state index is 12.2. The van der Waals surface area contributed by atoms with E-state index in [-0.39, 0.29) is 11.5 Å². The van der Waals surface area contributed by atoms with E-state index in [2.05, 4.69) is 0 Å². The first kappa shape index (κ1) is 12.4. The fourth-order valence-electron chi connectivity index (χ4n) is 2.13. The normalized spacial score (nSPS) is 16.2. The lowest BCUT2D eigenvalue weighted by molar-refractivity contribution is -0.127. The van der Waals surface area contributed by atoms with Crippen LogP contribution in [0.1, 0.15) is 24.8 Å². The topological polar surface area (TPSA) is 44.1 Å². The van der Waals surface area contributed by atoms with Gasteiger partial charge in [0.15, 0.2) is 0 Å². The fraction of sp³-hybridized carbons (Fsp3) is 0.333. The Kier molecular flexibility index (Phi) is 4.14. The number of likely N-dealkylation sites (tertiary alicyclic amines) is 1. The molecular formula is C15H16N2O. The van der Waals surface area contributed by atoms with Gasteiger partial charge in [-0.25, -0.2) is 0 Å². The summed E-state index contributed by atoms with van der Waals surface area (Å²) >= 11 is 0. The molecule has 3 heteroatoms. The highest BCUT2D eigenvalue weighted by Crippen LogP contribution is 2.14. The van der Waals surface area contributed by atoms with E-state index in [1.807, 2.05) is 36.4 Å². The van der Waals surface area contributed by atoms with Gasteiger partial charge < -0.3 is 4.90 Å². The molecule has 18 heavy (non-hydrogen) atoms. The van der Waals surface area contributed by atoms with Gasteiger partial charge in [-0.2, -0.15) is 5.26 Å². The summed E-state index contributed by atoms with van der Waals surface area (Å²) in [6.45, 7) is 1.54. The third kappa shape index (κ3) is 2.98. The molecule has 1 fully saturated rings. The van der Waals surface area contributed by atoms with Crippen LogP contribution in [0.25, 0.3) is 6.08 Å². The summed E-state index contributed by atoms with van der Waals surface area (Å²) in [5.41, 5.74) is 1.11. The number of nitrogens with zero attached hydrogens (tertiary/aromatic N) is 2. The average Bonchev–Trinajstić information content (AvgIpc) is 2.46. The first-order valence-corrected chi connectivity index (χ1v) is 6.27. The van der Waals surface area contributed by atoms with Crippen molar-refractivity contribution in [2.75, 3.05) is 13.1 Å². The number of carbonyl (C=O) groups excluding carboxylic acids is 1. The lowest BCUT2D eigenvalue weighted by atomic mass is 10.1. The predicted molar refractivity (Wildman–Crippen MR) is 70.5 cm³/mol. The highest BCUT2D eigenvalue weighted by Gasteiger charge is 2.19. The van der Waals surface area contributed by atoms with Gasteiger partial charge in [0.2, 0.25) is 0 Å². The summed E-state index contributed by atoms with van der Waals surface area (Å²) in [4.78, 5) is 13.9. The molecule has 0 unspecified atom stereocenters. The summed E-state index contributed by atoms with van der Waals surface area (Å²) in [5, 5.41) is 9.12. The number of piperidine rings is 1. The molecule has 0 aliphatic carbocycles. The fourth-order valence-corrected chi connectivity index (χ4v) is 2.13. The highest BCUT2D eigenvalue weighted by atomic mass is 16.2. The molecule has 0 spiro atoms. The average molecular weight is 240 g/mol. The minimum absolute atomic E-state index is 0.138. The van der Waals surface area contributed by atoms with Crippen molar-refractivity contribution in [3.63, 3.8) is 0 Å². The SMILES string of the molecule is N#C/C(=C\c1ccccc1)C(=O)N1CCCCC1. The minimum Gasteiger partial charge on any atom is -0.338 e. The van der Waals surface area contributed by atoms with Crippen LogP contribution in [0, 0.1) is 11.3 Å². The monoisotopic (exact) mass is 240 g/mol. The van der Waals surface area contributed by atoms with Crippen LogP contribution in [0.2, 0.25) is 0 Å². The Hall–Kier alpha value is -2.08. The van der Waals surface area contributed by atoms with E-state index in [0.29, 0.717) is 0 Å². The van der Waals surface area contributed by atoms with Crippen molar-refractivity contribution in [1.29, 1.82) is 5.26 Å². The number of benzene rings is 1. The van der Waals surface area contributed by atoms with Gasteiger partial charge in [-0.3, -0.25) is 4.79 Å². The van der Waals surface area contributed by atoms with E-state index in [4.69, 9.17) is 5.26 Å². The molecule has 1 aliphatic heterocycles. The molecule has 0 saturated carbocycles. The first-order chi connectivity index (χ1) is 8.81. The second-order valence-electron chi connectivity index (χ2n) is 4.43. The molecule has 0 atom stereocenters. The van der Waals surface area contributed by atoms with Crippen LogP contribution in [0.3, 0.4) is 0 Å². The Morgan fingerprint density at radius 1 is 1.17 bits per heavy atom. The van der Waals surface area contributed by atoms with E-state index >= 15 is 0 Å². The molecular weight excluding hydrogens is 224 g/mol. The minimum atomic E-state index is -0.138. The molecule has 1 saturated heterocycles. The van der Waals surface area contributed by atoms with Crippen LogP contribution in [-0.4, -0.2) is 23.9 Å². The van der Waals surface area contributed by atoms with E-state index in [9.17, 15) is 4.79 Å². The molecule has 2 rings (SSSR count). The zero-order chi connectivity index (χ0) is 12.8. The third-order valence-electron chi connectivity index (χ3n) is 3.10. The van der Waals surface area contributed by atoms with Crippen molar-refractivity contribution in [2.24, 2.45) is 0 Å². The van der Waals surface area contributed by atoms with Crippen LogP contribution in [-0.2, 0) is 4.79 Å². The maximum Gasteiger partial charge on any atom is 0.264 e. The zero-order valence-electron chi connectivity index (χ0n) is 10.3. The van der Waals surface area contributed by atoms with Gasteiger partial charge in [0.25, 0.3) is 5.91 Å². The Morgan fingerprint density at radius 2 is 1.83 bits per heavy atom. The Morgan fingerprint density at radius 3 is 2.44 bits per heavy atom. The summed E-state index contributed by atoms with van der Waals surface area (Å²) in [5.74, 6) is -0.138. The maximum absolute atomic E-state index is 12.2. The van der Waals surface area contributed by atoms with Gasteiger partial charge >= 0.3 is 0 Å². The van der Waals surface area contributed by atoms with Gasteiger partial charge in [0.1, 0.15) is 11.6 Å². The van der Waals surface area contributed by atoms with Crippen molar-refractivity contribution >= 4 is 12.0 Å². The largest absolute Gasteiger partial charge is 0.338 e. The molecule has 0 bridgehead atoms. The quantitative estimate of drug-likeness (QED) is 0.589. The van der Waals surface area contributed by atoms with Gasteiger partial charge in [0.05, 0.1) is 0 Å². The molecule has 0 aromatic heterocycles. The molecule has 1 aromatic carbocycles. The Labute approximate surface area is 107 Å². The van der Waals surface area contributed by atoms with Crippen LogP contribution in [0.4, 0.5) is 0 Å². The Balaban J connectivity index is 2.16. The van der Waals surface area contributed by atoms with Crippen LogP contribution < -0.4 is 0 Å². The molecule has 1 amide bonds. The van der Waals surface area contributed by atoms with Gasteiger partial charge in [0, 0.05) is 13.1 Å². The molecule has 3 nitrogen and oxygen atoms in total. The zero-order valence-corrected chi connectivity index (χ0v) is 10.3. The number of rotatable bonds is 2. The number of nitriles is 1. The van der Waals surface area contributed by atoms with Crippen molar-refractivity contribution in [2.45, 2.75) is 19.3 Å². The van der Waals surface area contributed by atoms with Crippen LogP contribution >= 0.6 is 0 Å². The second kappa shape index (κ2) is 6.02. The number of hydrogen-bond acceptors (Lipinski definition) is 2. The number of amides is 1. The Bertz CT molecular complexity index is 479. The van der Waals surface area contributed by atoms with Crippen molar-refractivity contribution in [1.82, 2.24) is 4.90 Å². The van der Waals surface area contributed by atoms with Crippen molar-refractivity contribution in [3.05, 3.63) is 41.5 Å². The number of hydrogen-bond donors (Lipinski definition) is 0. The first-order valence-electron chi connectivity index (χ1n) is 6.27. The smallest absolute Gasteiger partial charge is 0.264 e. The summed E-state index contributed by atoms with van der Waals surface area (Å²) in [7, 11) is 0. The van der Waals surface area contributed by atoms with E-state index in [1.165, 1.54) is 6.42 Å². The molecule has 1 heterocycles. The van der Waals surface area contributed by atoms with E-state index in [0.717, 1.165) is 31.5 Å². The van der Waals surface area contributed by atoms with Gasteiger partial charge in [-0.05, 0) is 30.9 Å².